The van der Waals surface area contributed by atoms with Gasteiger partial charge in [-0.05, 0) is 54.1 Å². The fourth-order valence-electron chi connectivity index (χ4n) is 2.61. The lowest BCUT2D eigenvalue weighted by atomic mass is 10.2. The zero-order valence-electron chi connectivity index (χ0n) is 15.6. The smallest absolute Gasteiger partial charge is 0.336 e. The summed E-state index contributed by atoms with van der Waals surface area (Å²) in [4.78, 5) is 24.1. The molecule has 0 fully saturated rings. The second-order valence-corrected chi connectivity index (χ2v) is 6.11. The number of ether oxygens (including phenoxy) is 3. The Morgan fingerprint density at radius 2 is 1.93 bits per heavy atom. The Morgan fingerprint density at radius 1 is 1.03 bits per heavy atom. The van der Waals surface area contributed by atoms with Crippen LogP contribution < -0.4 is 19.6 Å². The highest BCUT2D eigenvalue weighted by Gasteiger charge is 2.15. The maximum Gasteiger partial charge on any atom is 0.336 e. The Kier molecular flexibility index (Phi) is 5.56. The van der Waals surface area contributed by atoms with E-state index in [4.69, 9.17) is 18.6 Å². The van der Waals surface area contributed by atoms with Crippen molar-refractivity contribution in [2.75, 3.05) is 6.79 Å². The minimum absolute atomic E-state index is 0.137. The number of esters is 1. The van der Waals surface area contributed by atoms with Crippen LogP contribution in [0.5, 0.6) is 17.2 Å². The van der Waals surface area contributed by atoms with Gasteiger partial charge >= 0.3 is 5.97 Å². The molecule has 4 rings (SSSR count). The van der Waals surface area contributed by atoms with E-state index in [1.54, 1.807) is 54.6 Å². The molecule has 1 aromatic heterocycles. The molecule has 8 nitrogen and oxygen atoms in total. The Labute approximate surface area is 171 Å². The second-order valence-electron chi connectivity index (χ2n) is 6.11. The van der Waals surface area contributed by atoms with Crippen LogP contribution in [0.4, 0.5) is 0 Å². The second kappa shape index (κ2) is 8.78. The maximum absolute atomic E-state index is 12.2. The average Bonchev–Trinajstić information content (AvgIpc) is 3.43. The third-order valence-electron chi connectivity index (χ3n) is 4.02. The van der Waals surface area contributed by atoms with Gasteiger partial charge in [0.25, 0.3) is 5.91 Å². The van der Waals surface area contributed by atoms with Crippen molar-refractivity contribution in [3.05, 3.63) is 83.8 Å². The Hall–Kier alpha value is -4.33. The highest BCUT2D eigenvalue weighted by molar-refractivity contribution is 5.95. The quantitative estimate of drug-likeness (QED) is 0.222. The topological polar surface area (TPSA) is 99.4 Å². The molecular formula is C22H16N2O6. The van der Waals surface area contributed by atoms with Crippen LogP contribution in [0, 0.1) is 0 Å². The van der Waals surface area contributed by atoms with Gasteiger partial charge in [-0.25, -0.2) is 10.2 Å². The Balaban J connectivity index is 1.34. The molecule has 1 N–H and O–H groups in total. The van der Waals surface area contributed by atoms with Crippen molar-refractivity contribution < 1.29 is 28.2 Å². The van der Waals surface area contributed by atoms with E-state index in [0.717, 1.165) is 0 Å². The molecule has 3 aromatic rings. The first-order valence-electron chi connectivity index (χ1n) is 8.94. The molecule has 0 spiro atoms. The van der Waals surface area contributed by atoms with Gasteiger partial charge < -0.3 is 18.6 Å². The van der Waals surface area contributed by atoms with E-state index in [-0.39, 0.29) is 6.79 Å². The Morgan fingerprint density at radius 3 is 2.80 bits per heavy atom. The molecule has 0 saturated heterocycles. The maximum atomic E-state index is 12.2. The number of hydrogen-bond acceptors (Lipinski definition) is 7. The molecule has 0 radical (unpaired) electrons. The number of rotatable bonds is 6. The van der Waals surface area contributed by atoms with E-state index in [9.17, 15) is 9.59 Å². The molecule has 0 bridgehead atoms. The number of carbonyl (C=O) groups is 2. The van der Waals surface area contributed by atoms with Gasteiger partial charge in [-0.15, -0.1) is 0 Å². The van der Waals surface area contributed by atoms with Crippen LogP contribution in [0.15, 0.2) is 76.5 Å². The third-order valence-corrected chi connectivity index (χ3v) is 4.02. The number of nitrogens with zero attached hydrogens (tertiary/aromatic N) is 1. The van der Waals surface area contributed by atoms with E-state index < -0.39 is 11.9 Å². The van der Waals surface area contributed by atoms with Gasteiger partial charge in [0.2, 0.25) is 6.79 Å². The minimum Gasteiger partial charge on any atom is -0.465 e. The van der Waals surface area contributed by atoms with Crippen LogP contribution in [0.3, 0.4) is 0 Å². The van der Waals surface area contributed by atoms with Gasteiger partial charge in [-0.3, -0.25) is 4.79 Å². The SMILES string of the molecule is O=C(/C=C/c1ccco1)Oc1cccc(C=NNC(=O)c2ccc3c(c2)OCO3)c1. The average molecular weight is 404 g/mol. The highest BCUT2D eigenvalue weighted by Crippen LogP contribution is 2.32. The Bertz CT molecular complexity index is 1120. The van der Waals surface area contributed by atoms with E-state index in [2.05, 4.69) is 10.5 Å². The van der Waals surface area contributed by atoms with Gasteiger partial charge in [0.05, 0.1) is 12.5 Å². The first-order valence-corrected chi connectivity index (χ1v) is 8.94. The summed E-state index contributed by atoms with van der Waals surface area (Å²) in [6.07, 6.45) is 5.74. The number of benzene rings is 2. The summed E-state index contributed by atoms with van der Waals surface area (Å²) in [6, 6.07) is 15.0. The van der Waals surface area contributed by atoms with Gasteiger partial charge in [0.1, 0.15) is 11.5 Å². The van der Waals surface area contributed by atoms with E-state index in [1.165, 1.54) is 24.6 Å². The summed E-state index contributed by atoms with van der Waals surface area (Å²) in [5.41, 5.74) is 3.47. The monoisotopic (exact) mass is 404 g/mol. The van der Waals surface area contributed by atoms with Gasteiger partial charge in [-0.1, -0.05) is 12.1 Å². The van der Waals surface area contributed by atoms with Crippen molar-refractivity contribution in [3.8, 4) is 17.2 Å². The van der Waals surface area contributed by atoms with Crippen LogP contribution >= 0.6 is 0 Å². The van der Waals surface area contributed by atoms with Crippen molar-refractivity contribution in [2.24, 2.45) is 5.10 Å². The lowest BCUT2D eigenvalue weighted by Crippen LogP contribution is -2.17. The van der Waals surface area contributed by atoms with Crippen LogP contribution in [0.1, 0.15) is 21.7 Å². The molecule has 0 atom stereocenters. The molecule has 1 amide bonds. The van der Waals surface area contributed by atoms with E-state index >= 15 is 0 Å². The van der Waals surface area contributed by atoms with Crippen molar-refractivity contribution in [1.29, 1.82) is 0 Å². The summed E-state index contributed by atoms with van der Waals surface area (Å²) >= 11 is 0. The number of carbonyl (C=O) groups excluding carboxylic acids is 2. The summed E-state index contributed by atoms with van der Waals surface area (Å²) in [5.74, 6) is 1.07. The fourth-order valence-corrected chi connectivity index (χ4v) is 2.61. The molecule has 1 aliphatic rings. The number of furan rings is 1. The third kappa shape index (κ3) is 4.74. The minimum atomic E-state index is -0.545. The molecule has 1 aliphatic heterocycles. The summed E-state index contributed by atoms with van der Waals surface area (Å²) < 4.78 is 20.8. The van der Waals surface area contributed by atoms with Crippen molar-refractivity contribution in [1.82, 2.24) is 5.43 Å². The van der Waals surface area contributed by atoms with Crippen molar-refractivity contribution in [3.63, 3.8) is 0 Å². The number of amides is 1. The molecule has 0 unspecified atom stereocenters. The first kappa shape index (κ1) is 19.0. The van der Waals surface area contributed by atoms with E-state index in [1.807, 2.05) is 0 Å². The van der Waals surface area contributed by atoms with Crippen molar-refractivity contribution >= 4 is 24.2 Å². The fraction of sp³-hybridized carbons (Fsp3) is 0.0455. The largest absolute Gasteiger partial charge is 0.465 e. The lowest BCUT2D eigenvalue weighted by molar-refractivity contribution is -0.128. The molecule has 150 valence electrons. The van der Waals surface area contributed by atoms with Crippen LogP contribution in [-0.4, -0.2) is 24.9 Å². The molecule has 0 saturated carbocycles. The normalized spacial score (nSPS) is 12.4. The number of hydrazone groups is 1. The van der Waals surface area contributed by atoms with Gasteiger partial charge in [0.15, 0.2) is 11.5 Å². The van der Waals surface area contributed by atoms with Crippen LogP contribution in [-0.2, 0) is 4.79 Å². The highest BCUT2D eigenvalue weighted by atomic mass is 16.7. The number of nitrogens with one attached hydrogen (secondary N) is 1. The summed E-state index contributed by atoms with van der Waals surface area (Å²) in [6.45, 7) is 0.137. The summed E-state index contributed by atoms with van der Waals surface area (Å²) in [7, 11) is 0. The molecule has 8 heteroatoms. The molecule has 2 aromatic carbocycles. The zero-order chi connectivity index (χ0) is 20.8. The number of fused-ring (bicyclic) bond motifs is 1. The lowest BCUT2D eigenvalue weighted by Gasteiger charge is -2.03. The van der Waals surface area contributed by atoms with Crippen LogP contribution in [0.25, 0.3) is 6.08 Å². The van der Waals surface area contributed by atoms with Crippen molar-refractivity contribution in [2.45, 2.75) is 0 Å². The van der Waals surface area contributed by atoms with E-state index in [0.29, 0.717) is 34.1 Å². The predicted octanol–water partition coefficient (Wildman–Crippen LogP) is 3.39. The van der Waals surface area contributed by atoms with Gasteiger partial charge in [0, 0.05) is 11.6 Å². The number of hydrogen-bond donors (Lipinski definition) is 1. The van der Waals surface area contributed by atoms with Gasteiger partial charge in [-0.2, -0.15) is 5.10 Å². The summed E-state index contributed by atoms with van der Waals surface area (Å²) in [5, 5.41) is 3.94. The molecule has 30 heavy (non-hydrogen) atoms. The standard InChI is InChI=1S/C22H16N2O6/c25-21(9-7-17-5-2-10-27-17)30-18-4-1-3-15(11-18)13-23-24-22(26)16-6-8-19-20(12-16)29-14-28-19/h1-13H,14H2,(H,24,26)/b9-7+,23-13?. The molecule has 0 aliphatic carbocycles. The zero-order valence-corrected chi connectivity index (χ0v) is 15.6. The predicted molar refractivity (Wildman–Crippen MR) is 107 cm³/mol. The molecular weight excluding hydrogens is 388 g/mol. The first-order chi connectivity index (χ1) is 14.7. The van der Waals surface area contributed by atoms with Crippen LogP contribution in [0.2, 0.25) is 0 Å². The molecule has 2 heterocycles.